The minimum Gasteiger partial charge on any atom is -0.480 e. The fourth-order valence-corrected chi connectivity index (χ4v) is 3.81. The van der Waals surface area contributed by atoms with Crippen LogP contribution in [-0.2, 0) is 9.59 Å². The van der Waals surface area contributed by atoms with Crippen molar-refractivity contribution >= 4 is 23.6 Å². The van der Waals surface area contributed by atoms with E-state index in [9.17, 15) is 9.59 Å². The van der Waals surface area contributed by atoms with Crippen molar-refractivity contribution < 1.29 is 14.7 Å². The van der Waals surface area contributed by atoms with E-state index in [-0.39, 0.29) is 11.8 Å². The van der Waals surface area contributed by atoms with Gasteiger partial charge in [0.2, 0.25) is 5.91 Å². The first-order valence-electron chi connectivity index (χ1n) is 6.64. The van der Waals surface area contributed by atoms with Gasteiger partial charge in [-0.3, -0.25) is 4.79 Å². The largest absolute Gasteiger partial charge is 0.480 e. The summed E-state index contributed by atoms with van der Waals surface area (Å²) in [5.41, 5.74) is 0. The van der Waals surface area contributed by atoms with Crippen molar-refractivity contribution in [2.45, 2.75) is 38.1 Å². The number of thioether (sulfide) groups is 1. The van der Waals surface area contributed by atoms with E-state index in [1.165, 1.54) is 12.8 Å². The molecular formula is C13H21NO3S. The summed E-state index contributed by atoms with van der Waals surface area (Å²) >= 11 is 1.60. The van der Waals surface area contributed by atoms with Crippen LogP contribution in [0.1, 0.15) is 32.1 Å². The monoisotopic (exact) mass is 271 g/mol. The number of fused-ring (bicyclic) bond motifs is 2. The van der Waals surface area contributed by atoms with E-state index in [1.807, 2.05) is 6.26 Å². The van der Waals surface area contributed by atoms with E-state index >= 15 is 0 Å². The Morgan fingerprint density at radius 2 is 2.17 bits per heavy atom. The molecule has 3 unspecified atom stereocenters. The number of carbonyl (C=O) groups is 2. The first-order valence-corrected chi connectivity index (χ1v) is 8.03. The van der Waals surface area contributed by atoms with Crippen LogP contribution in [0, 0.1) is 17.8 Å². The van der Waals surface area contributed by atoms with E-state index < -0.39 is 12.0 Å². The van der Waals surface area contributed by atoms with E-state index in [4.69, 9.17) is 5.11 Å². The molecule has 4 atom stereocenters. The molecule has 0 spiro atoms. The molecule has 2 aliphatic carbocycles. The summed E-state index contributed by atoms with van der Waals surface area (Å²) in [4.78, 5) is 23.2. The molecule has 2 fully saturated rings. The molecule has 0 saturated heterocycles. The highest BCUT2D eigenvalue weighted by atomic mass is 32.2. The summed E-state index contributed by atoms with van der Waals surface area (Å²) in [6.45, 7) is 0. The number of aliphatic carboxylic acids is 1. The van der Waals surface area contributed by atoms with Crippen molar-refractivity contribution in [3.8, 4) is 0 Å². The van der Waals surface area contributed by atoms with Crippen molar-refractivity contribution in [1.29, 1.82) is 0 Å². The predicted octanol–water partition coefficient (Wildman–Crippen LogP) is 1.75. The Kier molecular flexibility index (Phi) is 4.54. The highest BCUT2D eigenvalue weighted by Crippen LogP contribution is 2.48. The molecule has 2 N–H and O–H groups in total. The minimum absolute atomic E-state index is 0.0318. The van der Waals surface area contributed by atoms with Gasteiger partial charge < -0.3 is 10.4 Å². The maximum Gasteiger partial charge on any atom is 0.326 e. The molecular weight excluding hydrogens is 250 g/mol. The Morgan fingerprint density at radius 3 is 2.67 bits per heavy atom. The second-order valence-corrected chi connectivity index (χ2v) is 6.45. The van der Waals surface area contributed by atoms with E-state index in [1.54, 1.807) is 11.8 Å². The summed E-state index contributed by atoms with van der Waals surface area (Å²) in [6, 6.07) is -0.718. The number of nitrogens with one attached hydrogen (secondary N) is 1. The molecule has 2 saturated carbocycles. The fourth-order valence-electron chi connectivity index (χ4n) is 3.34. The van der Waals surface area contributed by atoms with Crippen molar-refractivity contribution in [1.82, 2.24) is 5.32 Å². The van der Waals surface area contributed by atoms with Crippen LogP contribution >= 0.6 is 11.8 Å². The molecule has 0 aromatic carbocycles. The molecule has 0 radical (unpaired) electrons. The molecule has 1 amide bonds. The molecule has 18 heavy (non-hydrogen) atoms. The summed E-state index contributed by atoms with van der Waals surface area (Å²) < 4.78 is 0. The average molecular weight is 271 g/mol. The lowest BCUT2D eigenvalue weighted by molar-refractivity contribution is -0.142. The van der Waals surface area contributed by atoms with Gasteiger partial charge in [-0.25, -0.2) is 4.79 Å². The van der Waals surface area contributed by atoms with Gasteiger partial charge in [-0.05, 0) is 49.5 Å². The highest BCUT2D eigenvalue weighted by molar-refractivity contribution is 7.98. The van der Waals surface area contributed by atoms with Crippen LogP contribution < -0.4 is 5.32 Å². The lowest BCUT2D eigenvalue weighted by Gasteiger charge is -2.23. The quantitative estimate of drug-likeness (QED) is 0.772. The Hall–Kier alpha value is -0.710. The molecule has 0 aromatic heterocycles. The van der Waals surface area contributed by atoms with Gasteiger partial charge >= 0.3 is 5.97 Å². The van der Waals surface area contributed by atoms with Crippen LogP contribution in [0.5, 0.6) is 0 Å². The third-order valence-electron chi connectivity index (χ3n) is 4.30. The van der Waals surface area contributed by atoms with Crippen molar-refractivity contribution in [3.05, 3.63) is 0 Å². The zero-order valence-corrected chi connectivity index (χ0v) is 11.5. The zero-order valence-electron chi connectivity index (χ0n) is 10.7. The second kappa shape index (κ2) is 5.95. The minimum atomic E-state index is -0.916. The number of hydrogen-bond acceptors (Lipinski definition) is 3. The Morgan fingerprint density at radius 1 is 1.39 bits per heavy atom. The van der Waals surface area contributed by atoms with Crippen LogP contribution in [-0.4, -0.2) is 35.0 Å². The summed E-state index contributed by atoms with van der Waals surface area (Å²) in [5, 5.41) is 11.8. The Bertz CT molecular complexity index is 334. The van der Waals surface area contributed by atoms with Crippen molar-refractivity contribution in [2.24, 2.45) is 17.8 Å². The van der Waals surface area contributed by atoms with E-state index in [0.29, 0.717) is 18.3 Å². The number of carboxylic acids is 1. The smallest absolute Gasteiger partial charge is 0.326 e. The van der Waals surface area contributed by atoms with Gasteiger partial charge in [0, 0.05) is 5.92 Å². The molecule has 4 nitrogen and oxygen atoms in total. The first kappa shape index (κ1) is 13.7. The summed E-state index contributed by atoms with van der Waals surface area (Å²) in [6.07, 6.45) is 6.97. The molecule has 102 valence electrons. The lowest BCUT2D eigenvalue weighted by Crippen LogP contribution is -2.45. The van der Waals surface area contributed by atoms with Gasteiger partial charge in [0.15, 0.2) is 0 Å². The number of hydrogen-bond donors (Lipinski definition) is 2. The van der Waals surface area contributed by atoms with Crippen LogP contribution in [0.4, 0.5) is 0 Å². The van der Waals surface area contributed by atoms with Gasteiger partial charge in [0.05, 0.1) is 0 Å². The van der Waals surface area contributed by atoms with Crippen molar-refractivity contribution in [2.75, 3.05) is 12.0 Å². The predicted molar refractivity (Wildman–Crippen MR) is 71.5 cm³/mol. The second-order valence-electron chi connectivity index (χ2n) is 5.46. The Balaban J connectivity index is 1.86. The molecule has 0 aromatic rings. The van der Waals surface area contributed by atoms with Crippen LogP contribution in [0.2, 0.25) is 0 Å². The number of rotatable bonds is 6. The van der Waals surface area contributed by atoms with Crippen molar-refractivity contribution in [3.63, 3.8) is 0 Å². The summed E-state index contributed by atoms with van der Waals surface area (Å²) in [7, 11) is 0. The number of amides is 1. The topological polar surface area (TPSA) is 66.4 Å². The molecule has 2 rings (SSSR count). The van der Waals surface area contributed by atoms with Gasteiger partial charge in [0.1, 0.15) is 6.04 Å². The van der Waals surface area contributed by atoms with E-state index in [2.05, 4.69) is 5.32 Å². The Labute approximate surface area is 112 Å². The molecule has 0 aliphatic heterocycles. The standard InChI is InChI=1S/C13H21NO3S/c1-18-5-4-11(13(16)17)14-12(15)10-7-8-2-3-9(10)6-8/h8-11H,2-7H2,1H3,(H,14,15)(H,16,17)/t8?,9?,10?,11-/m0/s1. The fraction of sp³-hybridized carbons (Fsp3) is 0.846. The highest BCUT2D eigenvalue weighted by Gasteiger charge is 2.43. The van der Waals surface area contributed by atoms with Gasteiger partial charge in [0.25, 0.3) is 0 Å². The first-order chi connectivity index (χ1) is 8.61. The van der Waals surface area contributed by atoms with Crippen LogP contribution in [0.15, 0.2) is 0 Å². The molecule has 2 aliphatic rings. The zero-order chi connectivity index (χ0) is 13.1. The molecule has 0 heterocycles. The van der Waals surface area contributed by atoms with Gasteiger partial charge in [-0.2, -0.15) is 11.8 Å². The van der Waals surface area contributed by atoms with Crippen LogP contribution in [0.3, 0.4) is 0 Å². The van der Waals surface area contributed by atoms with Gasteiger partial charge in [-0.15, -0.1) is 0 Å². The maximum atomic E-state index is 12.1. The maximum absolute atomic E-state index is 12.1. The SMILES string of the molecule is CSCC[C@H](NC(=O)C1CC2CCC1C2)C(=O)O. The van der Waals surface area contributed by atoms with Gasteiger partial charge in [-0.1, -0.05) is 6.42 Å². The average Bonchev–Trinajstić information content (AvgIpc) is 2.95. The lowest BCUT2D eigenvalue weighted by atomic mass is 9.88. The number of carboxylic acid groups (broad SMARTS) is 1. The summed E-state index contributed by atoms with van der Waals surface area (Å²) in [5.74, 6) is 1.09. The molecule has 5 heteroatoms. The number of carbonyl (C=O) groups excluding carboxylic acids is 1. The van der Waals surface area contributed by atoms with Crippen LogP contribution in [0.25, 0.3) is 0 Å². The third-order valence-corrected chi connectivity index (χ3v) is 4.94. The third kappa shape index (κ3) is 2.99. The molecule has 2 bridgehead atoms. The van der Waals surface area contributed by atoms with E-state index in [0.717, 1.165) is 18.6 Å². The normalized spacial score (nSPS) is 31.3.